The molecule has 0 bridgehead atoms. The molecule has 0 heterocycles. The zero-order chi connectivity index (χ0) is 22.2. The molecule has 0 aromatic heterocycles. The molecule has 0 rings (SSSR count). The van der Waals surface area contributed by atoms with E-state index in [9.17, 15) is 61.1 Å². The molecule has 0 amide bonds. The van der Waals surface area contributed by atoms with Crippen LogP contribution in [0.1, 0.15) is 6.92 Å². The maximum atomic E-state index is 12.9. The van der Waals surface area contributed by atoms with Gasteiger partial charge in [-0.15, -0.1) is 0 Å². The SMILES string of the molecule is CC(F)(F)C(F)(F)C(F)(F)C(F)(F)C(F)(F)C(F)(F)S(=O)(=O)O.CNC. The summed E-state index contributed by atoms with van der Waals surface area (Å²) in [5.74, 6) is -37.1. The highest BCUT2D eigenvalue weighted by Gasteiger charge is 2.91. The van der Waals surface area contributed by atoms with E-state index in [0.29, 0.717) is 0 Å². The van der Waals surface area contributed by atoms with Crippen LogP contribution in [0.25, 0.3) is 0 Å². The summed E-state index contributed by atoms with van der Waals surface area (Å²) >= 11 is 0. The first-order chi connectivity index (χ1) is 10.9. The fraction of sp³-hybridized carbons (Fsp3) is 1.00. The third-order valence-electron chi connectivity index (χ3n) is 2.42. The number of halogens is 12. The molecule has 0 aromatic carbocycles. The van der Waals surface area contributed by atoms with Crippen LogP contribution in [0.4, 0.5) is 52.7 Å². The maximum absolute atomic E-state index is 12.9. The minimum atomic E-state index is -8.01. The van der Waals surface area contributed by atoms with E-state index in [1.54, 1.807) is 0 Å². The van der Waals surface area contributed by atoms with E-state index in [0.717, 1.165) is 0 Å². The highest BCUT2D eigenvalue weighted by atomic mass is 32.2. The maximum Gasteiger partial charge on any atom is 0.438 e. The van der Waals surface area contributed by atoms with Crippen molar-refractivity contribution in [1.29, 1.82) is 0 Å². The minimum Gasteiger partial charge on any atom is -0.323 e. The molecule has 2 N–H and O–H groups in total. The van der Waals surface area contributed by atoms with Gasteiger partial charge in [-0.25, -0.2) is 0 Å². The lowest BCUT2D eigenvalue weighted by molar-refractivity contribution is -0.414. The Morgan fingerprint density at radius 2 is 0.885 bits per heavy atom. The highest BCUT2D eigenvalue weighted by molar-refractivity contribution is 7.87. The predicted octanol–water partition coefficient (Wildman–Crippen LogP) is 3.50. The molecule has 4 nitrogen and oxygen atoms in total. The van der Waals surface area contributed by atoms with Gasteiger partial charge in [-0.1, -0.05) is 0 Å². The molecule has 0 aliphatic heterocycles. The Hall–Kier alpha value is -0.970. The van der Waals surface area contributed by atoms with Gasteiger partial charge >= 0.3 is 45.0 Å². The van der Waals surface area contributed by atoms with E-state index in [1.165, 1.54) is 0 Å². The minimum absolute atomic E-state index is 1.10. The van der Waals surface area contributed by atoms with Crippen LogP contribution in [0.5, 0.6) is 0 Å². The Balaban J connectivity index is 0. The fourth-order valence-electron chi connectivity index (χ4n) is 1.01. The van der Waals surface area contributed by atoms with Crippen molar-refractivity contribution in [2.75, 3.05) is 14.1 Å². The van der Waals surface area contributed by atoms with Gasteiger partial charge in [0.1, 0.15) is 0 Å². The molecule has 0 radical (unpaired) electrons. The molecule has 17 heteroatoms. The summed E-state index contributed by atoms with van der Waals surface area (Å²) in [6, 6.07) is 0. The van der Waals surface area contributed by atoms with Gasteiger partial charge in [-0.3, -0.25) is 4.55 Å². The van der Waals surface area contributed by atoms with Crippen molar-refractivity contribution in [2.24, 2.45) is 0 Å². The van der Waals surface area contributed by atoms with Crippen LogP contribution in [0, 0.1) is 0 Å². The molecule has 0 fully saturated rings. The third kappa shape index (κ3) is 3.97. The summed E-state index contributed by atoms with van der Waals surface area (Å²) in [6.45, 7) is -1.10. The molecule has 0 aliphatic rings. The average molecular weight is 441 g/mol. The molecule has 0 spiro atoms. The zero-order valence-corrected chi connectivity index (χ0v) is 13.5. The number of nitrogens with one attached hydrogen (secondary N) is 1. The molecule has 0 atom stereocenters. The summed E-state index contributed by atoms with van der Waals surface area (Å²) in [7, 11) is -3.76. The summed E-state index contributed by atoms with van der Waals surface area (Å²) < 4.78 is 180. The van der Waals surface area contributed by atoms with E-state index in [1.807, 2.05) is 14.1 Å². The lowest BCUT2D eigenvalue weighted by atomic mass is 9.95. The number of hydrogen-bond donors (Lipinski definition) is 2. The van der Waals surface area contributed by atoms with Crippen molar-refractivity contribution in [3.8, 4) is 0 Å². The highest BCUT2D eigenvalue weighted by Crippen LogP contribution is 2.60. The Kier molecular flexibility index (Phi) is 7.56. The van der Waals surface area contributed by atoms with Crippen LogP contribution in [0.2, 0.25) is 0 Å². The molecule has 0 aromatic rings. The Morgan fingerprint density at radius 3 is 1.08 bits per heavy atom. The van der Waals surface area contributed by atoms with Gasteiger partial charge < -0.3 is 5.32 Å². The van der Waals surface area contributed by atoms with Crippen molar-refractivity contribution >= 4 is 10.1 Å². The lowest BCUT2D eigenvalue weighted by Gasteiger charge is -2.39. The molecule has 26 heavy (non-hydrogen) atoms. The average Bonchev–Trinajstić information content (AvgIpc) is 2.35. The van der Waals surface area contributed by atoms with Crippen molar-refractivity contribution < 1.29 is 65.7 Å². The molecule has 160 valence electrons. The fourth-order valence-corrected chi connectivity index (χ4v) is 1.47. The molecule has 0 saturated carbocycles. The van der Waals surface area contributed by atoms with E-state index >= 15 is 0 Å². The van der Waals surface area contributed by atoms with E-state index in [4.69, 9.17) is 4.55 Å². The number of hydrogen-bond acceptors (Lipinski definition) is 3. The van der Waals surface area contributed by atoms with Crippen molar-refractivity contribution in [2.45, 2.75) is 41.8 Å². The van der Waals surface area contributed by atoms with Gasteiger partial charge in [0.15, 0.2) is 0 Å². The van der Waals surface area contributed by atoms with E-state index in [2.05, 4.69) is 5.32 Å². The van der Waals surface area contributed by atoms with E-state index in [-0.39, 0.29) is 0 Å². The zero-order valence-electron chi connectivity index (χ0n) is 12.7. The quantitative estimate of drug-likeness (QED) is 0.489. The van der Waals surface area contributed by atoms with Crippen molar-refractivity contribution in [3.63, 3.8) is 0 Å². The van der Waals surface area contributed by atoms with Crippen LogP contribution in [0.15, 0.2) is 0 Å². The van der Waals surface area contributed by atoms with Crippen LogP contribution in [-0.4, -0.2) is 61.9 Å². The summed E-state index contributed by atoms with van der Waals surface area (Å²) in [5, 5.41) is -4.65. The van der Waals surface area contributed by atoms with Crippen LogP contribution in [-0.2, 0) is 10.1 Å². The molecule has 0 unspecified atom stereocenters. The van der Waals surface area contributed by atoms with E-state index < -0.39 is 51.9 Å². The van der Waals surface area contributed by atoms with Gasteiger partial charge in [-0.2, -0.15) is 61.1 Å². The number of rotatable bonds is 6. The Bertz CT molecular complexity index is 583. The second-order valence-corrected chi connectivity index (χ2v) is 6.14. The van der Waals surface area contributed by atoms with Gasteiger partial charge in [0.25, 0.3) is 0 Å². The Labute approximate surface area is 138 Å². The number of alkyl halides is 12. The first-order valence-corrected chi connectivity index (χ1v) is 7.18. The normalized spacial score (nSPS) is 15.4. The summed E-state index contributed by atoms with van der Waals surface area (Å²) in [4.78, 5) is 0. The standard InChI is InChI=1S/C7H4F12O3S.C2H7N/c1-2(8,9)3(10,11)4(12,13)5(14,15)6(16,17)7(18,19)23(20,21)22;1-3-2/h1H3,(H,20,21,22);3H,1-2H3. The predicted molar refractivity (Wildman–Crippen MR) is 61.9 cm³/mol. The monoisotopic (exact) mass is 441 g/mol. The summed E-state index contributed by atoms with van der Waals surface area (Å²) in [5.41, 5.74) is 0. The first kappa shape index (κ1) is 27.3. The van der Waals surface area contributed by atoms with Crippen molar-refractivity contribution in [3.05, 3.63) is 0 Å². The molecule has 0 saturated heterocycles. The van der Waals surface area contributed by atoms with Crippen molar-refractivity contribution in [1.82, 2.24) is 5.32 Å². The second-order valence-electron chi connectivity index (χ2n) is 4.68. The van der Waals surface area contributed by atoms with Gasteiger partial charge in [0.2, 0.25) is 0 Å². The molecular weight excluding hydrogens is 430 g/mol. The molecule has 0 aliphatic carbocycles. The van der Waals surface area contributed by atoms with Crippen LogP contribution >= 0.6 is 0 Å². The lowest BCUT2D eigenvalue weighted by Crippen LogP contribution is -2.71. The third-order valence-corrected chi connectivity index (χ3v) is 3.33. The van der Waals surface area contributed by atoms with Crippen LogP contribution in [0.3, 0.4) is 0 Å². The Morgan fingerprint density at radius 1 is 0.654 bits per heavy atom. The first-order valence-electron chi connectivity index (χ1n) is 5.74. The largest absolute Gasteiger partial charge is 0.438 e. The second kappa shape index (κ2) is 7.21. The van der Waals surface area contributed by atoms with Crippen LogP contribution < -0.4 is 5.32 Å². The molecular formula is C9H11F12NO3S. The van der Waals surface area contributed by atoms with Gasteiger partial charge in [0, 0.05) is 6.92 Å². The van der Waals surface area contributed by atoms with Gasteiger partial charge in [0.05, 0.1) is 0 Å². The smallest absolute Gasteiger partial charge is 0.323 e. The summed E-state index contributed by atoms with van der Waals surface area (Å²) in [6.07, 6.45) is 0. The van der Waals surface area contributed by atoms with Gasteiger partial charge in [-0.05, 0) is 14.1 Å². The topological polar surface area (TPSA) is 66.4 Å².